The quantitative estimate of drug-likeness (QED) is 0.784. The average molecular weight is 302 g/mol. The van der Waals surface area contributed by atoms with Crippen molar-refractivity contribution in [3.8, 4) is 0 Å². The molecule has 2 amide bonds. The summed E-state index contributed by atoms with van der Waals surface area (Å²) in [4.78, 5) is 11.9. The van der Waals surface area contributed by atoms with E-state index in [-0.39, 0.29) is 18.1 Å². The molecule has 0 bridgehead atoms. The number of nitrogens with two attached hydrogens (primary N) is 1. The standard InChI is InChI=1S/C13H17Cl2N3O/c14-8-5-6-9(15)12(7-8)18-13(19)17-11-4-2-1-3-10(11)16/h5-7,10-11H,1-4,16H2,(H2,17,18,19)/t10-,11-/m1/s1. The van der Waals surface area contributed by atoms with E-state index in [0.717, 1.165) is 25.7 Å². The summed E-state index contributed by atoms with van der Waals surface area (Å²) in [6.07, 6.45) is 4.08. The number of rotatable bonds is 2. The summed E-state index contributed by atoms with van der Waals surface area (Å²) in [6, 6.07) is 4.67. The van der Waals surface area contributed by atoms with E-state index in [4.69, 9.17) is 28.9 Å². The van der Waals surface area contributed by atoms with Crippen molar-refractivity contribution in [3.05, 3.63) is 28.2 Å². The first-order valence-corrected chi connectivity index (χ1v) is 7.10. The number of halogens is 2. The van der Waals surface area contributed by atoms with Crippen LogP contribution in [0.5, 0.6) is 0 Å². The van der Waals surface area contributed by atoms with Gasteiger partial charge in [-0.05, 0) is 31.0 Å². The van der Waals surface area contributed by atoms with Crippen molar-refractivity contribution in [2.24, 2.45) is 5.73 Å². The van der Waals surface area contributed by atoms with Crippen molar-refractivity contribution in [2.45, 2.75) is 37.8 Å². The molecule has 0 unspecified atom stereocenters. The Morgan fingerprint density at radius 3 is 2.74 bits per heavy atom. The molecule has 1 saturated carbocycles. The number of urea groups is 1. The number of carbonyl (C=O) groups excluding carboxylic acids is 1. The van der Waals surface area contributed by atoms with Crippen LogP contribution in [0.2, 0.25) is 10.0 Å². The van der Waals surface area contributed by atoms with Crippen LogP contribution in [0.1, 0.15) is 25.7 Å². The van der Waals surface area contributed by atoms with Gasteiger partial charge in [-0.3, -0.25) is 0 Å². The molecule has 0 spiro atoms. The fourth-order valence-corrected chi connectivity index (χ4v) is 2.60. The summed E-state index contributed by atoms with van der Waals surface area (Å²) >= 11 is 11.9. The first-order chi connectivity index (χ1) is 9.06. The molecule has 0 radical (unpaired) electrons. The maximum atomic E-state index is 11.9. The maximum absolute atomic E-state index is 11.9. The topological polar surface area (TPSA) is 67.1 Å². The number of carbonyl (C=O) groups is 1. The minimum absolute atomic E-state index is 0.0201. The fourth-order valence-electron chi connectivity index (χ4n) is 2.26. The van der Waals surface area contributed by atoms with Crippen LogP contribution in [0.25, 0.3) is 0 Å². The molecule has 4 N–H and O–H groups in total. The van der Waals surface area contributed by atoms with Gasteiger partial charge in [0.05, 0.1) is 10.7 Å². The summed E-state index contributed by atoms with van der Waals surface area (Å²) in [5.41, 5.74) is 6.48. The highest BCUT2D eigenvalue weighted by Crippen LogP contribution is 2.25. The molecule has 104 valence electrons. The van der Waals surface area contributed by atoms with Gasteiger partial charge < -0.3 is 16.4 Å². The Balaban J connectivity index is 1.95. The summed E-state index contributed by atoms with van der Waals surface area (Å²) in [5.74, 6) is 0. The molecule has 1 aliphatic carbocycles. The van der Waals surface area contributed by atoms with Gasteiger partial charge in [-0.2, -0.15) is 0 Å². The molecule has 0 aromatic heterocycles. The van der Waals surface area contributed by atoms with Gasteiger partial charge in [-0.25, -0.2) is 4.79 Å². The molecule has 1 aromatic carbocycles. The molecule has 1 aromatic rings. The lowest BCUT2D eigenvalue weighted by atomic mass is 9.91. The van der Waals surface area contributed by atoms with E-state index in [0.29, 0.717) is 15.7 Å². The minimum atomic E-state index is -0.300. The Morgan fingerprint density at radius 2 is 2.00 bits per heavy atom. The van der Waals surface area contributed by atoms with E-state index in [1.165, 1.54) is 0 Å². The third-order valence-corrected chi connectivity index (χ3v) is 3.88. The molecule has 0 aliphatic heterocycles. The van der Waals surface area contributed by atoms with E-state index in [1.807, 2.05) is 0 Å². The monoisotopic (exact) mass is 301 g/mol. The van der Waals surface area contributed by atoms with Crippen LogP contribution in [0, 0.1) is 0 Å². The first kappa shape index (κ1) is 14.4. The molecule has 0 heterocycles. The molecular formula is C13H17Cl2N3O. The van der Waals surface area contributed by atoms with Crippen LogP contribution < -0.4 is 16.4 Å². The lowest BCUT2D eigenvalue weighted by Gasteiger charge is -2.29. The van der Waals surface area contributed by atoms with Crippen molar-refractivity contribution in [2.75, 3.05) is 5.32 Å². The molecular weight excluding hydrogens is 285 g/mol. The third kappa shape index (κ3) is 4.00. The normalized spacial score (nSPS) is 22.9. The Hall–Kier alpha value is -0.970. The minimum Gasteiger partial charge on any atom is -0.334 e. The Bertz CT molecular complexity index is 467. The van der Waals surface area contributed by atoms with E-state index < -0.39 is 0 Å². The van der Waals surface area contributed by atoms with Crippen molar-refractivity contribution in [1.29, 1.82) is 0 Å². The van der Waals surface area contributed by atoms with Gasteiger partial charge in [-0.1, -0.05) is 36.0 Å². The van der Waals surface area contributed by atoms with Crippen LogP contribution in [0.3, 0.4) is 0 Å². The van der Waals surface area contributed by atoms with Gasteiger partial charge in [0, 0.05) is 17.1 Å². The van der Waals surface area contributed by atoms with Crippen LogP contribution in [0.4, 0.5) is 10.5 Å². The molecule has 2 atom stereocenters. The fraction of sp³-hybridized carbons (Fsp3) is 0.462. The van der Waals surface area contributed by atoms with E-state index in [1.54, 1.807) is 18.2 Å². The van der Waals surface area contributed by atoms with Gasteiger partial charge in [-0.15, -0.1) is 0 Å². The largest absolute Gasteiger partial charge is 0.334 e. The van der Waals surface area contributed by atoms with Crippen LogP contribution in [-0.4, -0.2) is 18.1 Å². The predicted octanol–water partition coefficient (Wildman–Crippen LogP) is 3.38. The SMILES string of the molecule is N[C@@H]1CCCC[C@H]1NC(=O)Nc1cc(Cl)ccc1Cl. The van der Waals surface area contributed by atoms with Gasteiger partial charge >= 0.3 is 6.03 Å². The van der Waals surface area contributed by atoms with Gasteiger partial charge in [0.25, 0.3) is 0 Å². The molecule has 2 rings (SSSR count). The summed E-state index contributed by atoms with van der Waals surface area (Å²) < 4.78 is 0. The molecule has 6 heteroatoms. The van der Waals surface area contributed by atoms with Gasteiger partial charge in [0.2, 0.25) is 0 Å². The molecule has 4 nitrogen and oxygen atoms in total. The summed E-state index contributed by atoms with van der Waals surface area (Å²) in [7, 11) is 0. The highest BCUT2D eigenvalue weighted by Gasteiger charge is 2.23. The highest BCUT2D eigenvalue weighted by atomic mass is 35.5. The third-order valence-electron chi connectivity index (χ3n) is 3.31. The molecule has 19 heavy (non-hydrogen) atoms. The zero-order valence-electron chi connectivity index (χ0n) is 10.5. The second kappa shape index (κ2) is 6.46. The van der Waals surface area contributed by atoms with E-state index in [9.17, 15) is 4.79 Å². The number of hydrogen-bond acceptors (Lipinski definition) is 2. The Morgan fingerprint density at radius 1 is 1.26 bits per heavy atom. The van der Waals surface area contributed by atoms with Crippen molar-refractivity contribution >= 4 is 34.9 Å². The maximum Gasteiger partial charge on any atom is 0.319 e. The van der Waals surface area contributed by atoms with Crippen LogP contribution >= 0.6 is 23.2 Å². The Kier molecular flexibility index (Phi) is 4.91. The van der Waals surface area contributed by atoms with Gasteiger partial charge in [0.15, 0.2) is 0 Å². The number of amides is 2. The predicted molar refractivity (Wildman–Crippen MR) is 78.8 cm³/mol. The molecule has 0 saturated heterocycles. The summed E-state index contributed by atoms with van der Waals surface area (Å²) in [6.45, 7) is 0. The van der Waals surface area contributed by atoms with Crippen molar-refractivity contribution in [1.82, 2.24) is 5.32 Å². The highest BCUT2D eigenvalue weighted by molar-refractivity contribution is 6.35. The first-order valence-electron chi connectivity index (χ1n) is 6.34. The second-order valence-corrected chi connectivity index (χ2v) is 5.62. The van der Waals surface area contributed by atoms with Crippen LogP contribution in [-0.2, 0) is 0 Å². The number of anilines is 1. The summed E-state index contributed by atoms with van der Waals surface area (Å²) in [5, 5.41) is 6.56. The van der Waals surface area contributed by atoms with Crippen molar-refractivity contribution in [3.63, 3.8) is 0 Å². The van der Waals surface area contributed by atoms with E-state index >= 15 is 0 Å². The van der Waals surface area contributed by atoms with Gasteiger partial charge in [0.1, 0.15) is 0 Å². The number of nitrogens with one attached hydrogen (secondary N) is 2. The second-order valence-electron chi connectivity index (χ2n) is 4.78. The number of hydrogen-bond donors (Lipinski definition) is 3. The smallest absolute Gasteiger partial charge is 0.319 e. The Labute approximate surface area is 122 Å². The van der Waals surface area contributed by atoms with E-state index in [2.05, 4.69) is 10.6 Å². The molecule has 1 aliphatic rings. The van der Waals surface area contributed by atoms with Crippen molar-refractivity contribution < 1.29 is 4.79 Å². The molecule has 1 fully saturated rings. The lowest BCUT2D eigenvalue weighted by molar-refractivity contribution is 0.240. The zero-order valence-corrected chi connectivity index (χ0v) is 12.0. The average Bonchev–Trinajstić information content (AvgIpc) is 2.37. The number of benzene rings is 1. The van der Waals surface area contributed by atoms with Crippen LogP contribution in [0.15, 0.2) is 18.2 Å². The lowest BCUT2D eigenvalue weighted by Crippen LogP contribution is -2.50. The zero-order chi connectivity index (χ0) is 13.8.